The zero-order valence-electron chi connectivity index (χ0n) is 24.9. The van der Waals surface area contributed by atoms with E-state index in [-0.39, 0.29) is 0 Å². The quantitative estimate of drug-likeness (QED) is 0.170. The Bertz CT molecular complexity index is 1610. The van der Waals surface area contributed by atoms with Gasteiger partial charge in [-0.1, -0.05) is 91.0 Å². The van der Waals surface area contributed by atoms with Gasteiger partial charge < -0.3 is 28.8 Å². The summed E-state index contributed by atoms with van der Waals surface area (Å²) in [5.74, 6) is 2.91. The molecule has 44 heavy (non-hydrogen) atoms. The summed E-state index contributed by atoms with van der Waals surface area (Å²) in [5, 5.41) is 11.4. The number of aryl methyl sites for hydroxylation is 1. The van der Waals surface area contributed by atoms with E-state index in [1.807, 2.05) is 122 Å². The van der Waals surface area contributed by atoms with Crippen LogP contribution in [0.25, 0.3) is 0 Å². The smallest absolute Gasteiger partial charge is 0.203 e. The number of aliphatic hydroxyl groups excluding tert-OH is 1. The van der Waals surface area contributed by atoms with Gasteiger partial charge in [0.05, 0.1) is 13.2 Å². The van der Waals surface area contributed by atoms with Crippen molar-refractivity contribution in [2.75, 3.05) is 7.11 Å². The third-order valence-corrected chi connectivity index (χ3v) is 7.62. The van der Waals surface area contributed by atoms with Crippen LogP contribution in [0.4, 0.5) is 0 Å². The molecule has 1 aliphatic heterocycles. The zero-order valence-corrected chi connectivity index (χ0v) is 24.9. The van der Waals surface area contributed by atoms with Crippen LogP contribution in [0.3, 0.4) is 0 Å². The van der Waals surface area contributed by atoms with Gasteiger partial charge in [0, 0.05) is 17.5 Å². The van der Waals surface area contributed by atoms with Crippen LogP contribution >= 0.6 is 0 Å². The Balaban J connectivity index is 1.39. The molecule has 0 fully saturated rings. The van der Waals surface area contributed by atoms with E-state index >= 15 is 0 Å². The summed E-state index contributed by atoms with van der Waals surface area (Å²) < 4.78 is 31.4. The maximum absolute atomic E-state index is 11.4. The van der Waals surface area contributed by atoms with Gasteiger partial charge >= 0.3 is 0 Å². The molecule has 0 aliphatic carbocycles. The molecule has 0 aromatic heterocycles. The molecule has 0 bridgehead atoms. The zero-order chi connectivity index (χ0) is 30.3. The Hall–Kier alpha value is -4.94. The molecule has 1 aliphatic rings. The fourth-order valence-corrected chi connectivity index (χ4v) is 5.38. The minimum Gasteiger partial charge on any atom is -0.496 e. The third kappa shape index (κ3) is 6.82. The van der Waals surface area contributed by atoms with Crippen LogP contribution in [0.5, 0.6) is 28.7 Å². The fraction of sp³-hybridized carbons (Fsp3) is 0.211. The molecule has 6 nitrogen and oxygen atoms in total. The average Bonchev–Trinajstić information content (AvgIpc) is 3.06. The standard InChI is InChI=1S/C38H36O6/c1-26-18-33(40-2)31-22-32(39)37(44-34(31)19-26)30-20-35(41-23-27-12-6-3-7-13-27)38(43-25-29-16-10-5-11-17-29)36(21-30)42-24-28-14-8-4-9-15-28/h3-21,32,37,39H,22-25H2,1-2H3. The van der Waals surface area contributed by atoms with Crippen molar-refractivity contribution in [3.63, 3.8) is 0 Å². The molecule has 5 aromatic carbocycles. The van der Waals surface area contributed by atoms with Gasteiger partial charge in [-0.3, -0.25) is 0 Å². The Morgan fingerprint density at radius 2 is 1.16 bits per heavy atom. The molecule has 0 saturated carbocycles. The number of benzene rings is 5. The van der Waals surface area contributed by atoms with E-state index in [9.17, 15) is 5.11 Å². The van der Waals surface area contributed by atoms with Crippen molar-refractivity contribution in [2.45, 2.75) is 45.4 Å². The molecular formula is C38H36O6. The second kappa shape index (κ2) is 13.6. The van der Waals surface area contributed by atoms with E-state index in [0.717, 1.165) is 33.4 Å². The molecule has 1 N–H and O–H groups in total. The molecular weight excluding hydrogens is 552 g/mol. The lowest BCUT2D eigenvalue weighted by atomic mass is 9.93. The molecule has 2 unspecified atom stereocenters. The van der Waals surface area contributed by atoms with E-state index in [1.165, 1.54) is 0 Å². The number of hydrogen-bond acceptors (Lipinski definition) is 6. The minimum atomic E-state index is -0.820. The Kier molecular flexibility index (Phi) is 8.99. The lowest BCUT2D eigenvalue weighted by Crippen LogP contribution is -2.30. The van der Waals surface area contributed by atoms with Gasteiger partial charge in [0.1, 0.15) is 31.3 Å². The Morgan fingerprint density at radius 1 is 0.659 bits per heavy atom. The largest absolute Gasteiger partial charge is 0.496 e. The second-order valence-corrected chi connectivity index (χ2v) is 10.9. The number of ether oxygens (including phenoxy) is 5. The molecule has 0 amide bonds. The molecule has 0 saturated heterocycles. The maximum atomic E-state index is 11.4. The van der Waals surface area contributed by atoms with Gasteiger partial charge in [-0.05, 0) is 53.4 Å². The summed E-state index contributed by atoms with van der Waals surface area (Å²) in [6, 6.07) is 37.6. The summed E-state index contributed by atoms with van der Waals surface area (Å²) in [6.07, 6.45) is -1.09. The molecule has 1 heterocycles. The third-order valence-electron chi connectivity index (χ3n) is 7.62. The SMILES string of the molecule is COc1cc(C)cc2c1CC(O)C(c1cc(OCc3ccccc3)c(OCc3ccccc3)c(OCc3ccccc3)c1)O2. The first-order valence-corrected chi connectivity index (χ1v) is 14.8. The molecule has 2 atom stereocenters. The molecule has 224 valence electrons. The maximum Gasteiger partial charge on any atom is 0.203 e. The van der Waals surface area contributed by atoms with Crippen LogP contribution < -0.4 is 23.7 Å². The van der Waals surface area contributed by atoms with Crippen LogP contribution in [0.2, 0.25) is 0 Å². The van der Waals surface area contributed by atoms with Gasteiger partial charge in [-0.25, -0.2) is 0 Å². The average molecular weight is 589 g/mol. The Morgan fingerprint density at radius 3 is 1.66 bits per heavy atom. The number of aliphatic hydroxyl groups is 1. The van der Waals surface area contributed by atoms with Crippen molar-refractivity contribution in [3.05, 3.63) is 149 Å². The second-order valence-electron chi connectivity index (χ2n) is 10.9. The number of methoxy groups -OCH3 is 1. The highest BCUT2D eigenvalue weighted by molar-refractivity contribution is 5.56. The monoisotopic (exact) mass is 588 g/mol. The van der Waals surface area contributed by atoms with Crippen LogP contribution in [0.1, 0.15) is 39.5 Å². The van der Waals surface area contributed by atoms with Crippen LogP contribution in [-0.4, -0.2) is 18.3 Å². The summed E-state index contributed by atoms with van der Waals surface area (Å²) >= 11 is 0. The van der Waals surface area contributed by atoms with E-state index in [1.54, 1.807) is 7.11 Å². The van der Waals surface area contributed by atoms with Crippen molar-refractivity contribution >= 4 is 0 Å². The van der Waals surface area contributed by atoms with Crippen LogP contribution in [-0.2, 0) is 26.2 Å². The number of rotatable bonds is 11. The van der Waals surface area contributed by atoms with E-state index in [4.69, 9.17) is 23.7 Å². The van der Waals surface area contributed by atoms with E-state index in [2.05, 4.69) is 0 Å². The van der Waals surface area contributed by atoms with Crippen LogP contribution in [0.15, 0.2) is 115 Å². The number of fused-ring (bicyclic) bond motifs is 1. The summed E-state index contributed by atoms with van der Waals surface area (Å²) in [6.45, 7) is 2.99. The first-order chi connectivity index (χ1) is 21.6. The fourth-order valence-electron chi connectivity index (χ4n) is 5.38. The lowest BCUT2D eigenvalue weighted by molar-refractivity contribution is 0.0196. The Labute approximate surface area is 258 Å². The van der Waals surface area contributed by atoms with Gasteiger partial charge in [-0.15, -0.1) is 0 Å². The van der Waals surface area contributed by atoms with Gasteiger partial charge in [0.15, 0.2) is 17.6 Å². The highest BCUT2D eigenvalue weighted by atomic mass is 16.5. The van der Waals surface area contributed by atoms with Crippen molar-refractivity contribution in [2.24, 2.45) is 0 Å². The van der Waals surface area contributed by atoms with E-state index in [0.29, 0.717) is 55.0 Å². The van der Waals surface area contributed by atoms with Gasteiger partial charge in [0.2, 0.25) is 5.75 Å². The highest BCUT2D eigenvalue weighted by Crippen LogP contribution is 2.46. The van der Waals surface area contributed by atoms with E-state index < -0.39 is 12.2 Å². The van der Waals surface area contributed by atoms with Gasteiger partial charge in [0.25, 0.3) is 0 Å². The summed E-state index contributed by atoms with van der Waals surface area (Å²) in [7, 11) is 1.63. The molecule has 0 spiro atoms. The summed E-state index contributed by atoms with van der Waals surface area (Å²) in [4.78, 5) is 0. The minimum absolute atomic E-state index is 0.331. The molecule has 5 aromatic rings. The topological polar surface area (TPSA) is 66.4 Å². The molecule has 6 heteroatoms. The molecule has 0 radical (unpaired) electrons. The van der Waals surface area contributed by atoms with Crippen molar-refractivity contribution in [1.82, 2.24) is 0 Å². The summed E-state index contributed by atoms with van der Waals surface area (Å²) in [5.41, 5.74) is 5.64. The van der Waals surface area contributed by atoms with Crippen molar-refractivity contribution < 1.29 is 28.8 Å². The normalized spacial score (nSPS) is 15.5. The van der Waals surface area contributed by atoms with Crippen LogP contribution in [0, 0.1) is 6.92 Å². The first kappa shape index (κ1) is 29.1. The predicted octanol–water partition coefficient (Wildman–Crippen LogP) is 7.78. The first-order valence-electron chi connectivity index (χ1n) is 14.8. The number of hydrogen-bond donors (Lipinski definition) is 1. The highest BCUT2D eigenvalue weighted by Gasteiger charge is 2.34. The van der Waals surface area contributed by atoms with Gasteiger partial charge in [-0.2, -0.15) is 0 Å². The lowest BCUT2D eigenvalue weighted by Gasteiger charge is -2.32. The van der Waals surface area contributed by atoms with Crippen molar-refractivity contribution in [1.29, 1.82) is 0 Å². The predicted molar refractivity (Wildman–Crippen MR) is 170 cm³/mol. The van der Waals surface area contributed by atoms with Crippen molar-refractivity contribution in [3.8, 4) is 28.7 Å². The molecule has 6 rings (SSSR count).